The van der Waals surface area contributed by atoms with Crippen LogP contribution in [0.3, 0.4) is 0 Å². The minimum atomic E-state index is 0.647. The van der Waals surface area contributed by atoms with E-state index in [1.165, 1.54) is 5.56 Å². The van der Waals surface area contributed by atoms with Crippen LogP contribution >= 0.6 is 11.6 Å². The van der Waals surface area contributed by atoms with Gasteiger partial charge in [-0.25, -0.2) is 0 Å². The number of benzene rings is 1. The fraction of sp³-hybridized carbons (Fsp3) is 0.333. The molecule has 0 aliphatic heterocycles. The van der Waals surface area contributed by atoms with Crippen molar-refractivity contribution in [3.63, 3.8) is 0 Å². The van der Waals surface area contributed by atoms with Gasteiger partial charge in [-0.15, -0.1) is 18.2 Å². The summed E-state index contributed by atoms with van der Waals surface area (Å²) in [4.78, 5) is 0. The highest BCUT2D eigenvalue weighted by atomic mass is 35.5. The smallest absolute Gasteiger partial charge is 0.0396 e. The van der Waals surface area contributed by atoms with Gasteiger partial charge in [0, 0.05) is 18.1 Å². The molecule has 0 saturated heterocycles. The van der Waals surface area contributed by atoms with Gasteiger partial charge in [0.1, 0.15) is 0 Å². The molecule has 1 aromatic rings. The van der Waals surface area contributed by atoms with E-state index < -0.39 is 0 Å². The van der Waals surface area contributed by atoms with Crippen LogP contribution in [-0.2, 0) is 0 Å². The Balaban J connectivity index is 0.000000500. The Kier molecular flexibility index (Phi) is 8.05. The van der Waals surface area contributed by atoms with Crippen molar-refractivity contribution in [1.29, 1.82) is 0 Å². The van der Waals surface area contributed by atoms with E-state index in [-0.39, 0.29) is 0 Å². The zero-order chi connectivity index (χ0) is 10.8. The molecule has 1 rings (SSSR count). The lowest BCUT2D eigenvalue weighted by Crippen LogP contribution is -2.01. The number of hydrogen-bond acceptors (Lipinski definition) is 1. The summed E-state index contributed by atoms with van der Waals surface area (Å²) in [6.45, 7) is 8.15. The molecule has 0 fully saturated rings. The summed E-state index contributed by atoms with van der Waals surface area (Å²) >= 11 is 5.52. The van der Waals surface area contributed by atoms with Crippen molar-refractivity contribution in [2.45, 2.75) is 13.8 Å². The third-order valence-corrected chi connectivity index (χ3v) is 1.66. The number of hydrogen-bond donors (Lipinski definition) is 1. The summed E-state index contributed by atoms with van der Waals surface area (Å²) < 4.78 is 0. The quantitative estimate of drug-likeness (QED) is 0.592. The van der Waals surface area contributed by atoms with Gasteiger partial charge in [-0.1, -0.05) is 23.8 Å². The van der Waals surface area contributed by atoms with Crippen LogP contribution in [-0.4, -0.2) is 12.4 Å². The van der Waals surface area contributed by atoms with Gasteiger partial charge in [-0.2, -0.15) is 0 Å². The van der Waals surface area contributed by atoms with Crippen molar-refractivity contribution < 1.29 is 0 Å². The minimum Gasteiger partial charge on any atom is -0.384 e. The second kappa shape index (κ2) is 8.64. The number of alkyl halides is 1. The maximum atomic E-state index is 5.52. The van der Waals surface area contributed by atoms with E-state index in [1.54, 1.807) is 6.08 Å². The predicted octanol–water partition coefficient (Wildman–Crippen LogP) is 3.84. The van der Waals surface area contributed by atoms with E-state index in [2.05, 4.69) is 43.1 Å². The molecule has 0 atom stereocenters. The van der Waals surface area contributed by atoms with Gasteiger partial charge in [-0.3, -0.25) is 0 Å². The maximum Gasteiger partial charge on any atom is 0.0396 e. The molecule has 0 heterocycles. The van der Waals surface area contributed by atoms with Crippen molar-refractivity contribution >= 4 is 17.3 Å². The Morgan fingerprint density at radius 3 is 2.29 bits per heavy atom. The first kappa shape index (κ1) is 13.1. The lowest BCUT2D eigenvalue weighted by atomic mass is 10.2. The number of aryl methyl sites for hydroxylation is 1. The highest BCUT2D eigenvalue weighted by Crippen LogP contribution is 2.07. The van der Waals surface area contributed by atoms with Gasteiger partial charge >= 0.3 is 0 Å². The largest absolute Gasteiger partial charge is 0.384 e. The summed E-state index contributed by atoms with van der Waals surface area (Å²) in [6, 6.07) is 8.27. The molecule has 0 spiro atoms. The molecule has 0 aliphatic carbocycles. The van der Waals surface area contributed by atoms with Gasteiger partial charge in [0.05, 0.1) is 0 Å². The van der Waals surface area contributed by atoms with E-state index in [9.17, 15) is 0 Å². The highest BCUT2D eigenvalue weighted by Gasteiger charge is 1.88. The monoisotopic (exact) mass is 211 g/mol. The van der Waals surface area contributed by atoms with E-state index >= 15 is 0 Å². The lowest BCUT2D eigenvalue weighted by Gasteiger charge is -2.02. The molecule has 0 saturated carbocycles. The average Bonchev–Trinajstić information content (AvgIpc) is 2.18. The van der Waals surface area contributed by atoms with Crippen molar-refractivity contribution in [2.75, 3.05) is 17.7 Å². The van der Waals surface area contributed by atoms with Crippen LogP contribution in [0.25, 0.3) is 0 Å². The van der Waals surface area contributed by atoms with E-state index in [4.69, 9.17) is 11.6 Å². The van der Waals surface area contributed by atoms with Crippen molar-refractivity contribution in [3.05, 3.63) is 42.5 Å². The highest BCUT2D eigenvalue weighted by molar-refractivity contribution is 6.18. The summed E-state index contributed by atoms with van der Waals surface area (Å²) in [5.41, 5.74) is 2.41. The summed E-state index contributed by atoms with van der Waals surface area (Å²) in [5, 5.41) is 3.19. The first-order valence-electron chi connectivity index (χ1n) is 4.68. The first-order valence-corrected chi connectivity index (χ1v) is 5.21. The van der Waals surface area contributed by atoms with Crippen molar-refractivity contribution in [1.82, 2.24) is 0 Å². The molecule has 0 amide bonds. The second-order valence-electron chi connectivity index (χ2n) is 2.89. The van der Waals surface area contributed by atoms with Gasteiger partial charge in [0.15, 0.2) is 0 Å². The Hall–Kier alpha value is -0.950. The van der Waals surface area contributed by atoms with Crippen LogP contribution in [0.2, 0.25) is 0 Å². The molecule has 0 unspecified atom stereocenters. The van der Waals surface area contributed by atoms with Crippen molar-refractivity contribution in [2.24, 2.45) is 0 Å². The third kappa shape index (κ3) is 6.55. The lowest BCUT2D eigenvalue weighted by molar-refractivity contribution is 1.22. The Bertz CT molecular complexity index is 241. The molecule has 1 aromatic carbocycles. The van der Waals surface area contributed by atoms with Crippen LogP contribution in [0.15, 0.2) is 36.9 Å². The fourth-order valence-electron chi connectivity index (χ4n) is 0.863. The first-order chi connectivity index (χ1) is 6.74. The predicted molar refractivity (Wildman–Crippen MR) is 66.3 cm³/mol. The SMILES string of the molecule is C=CC.Cc1ccc(NCCCl)cc1. The fourth-order valence-corrected chi connectivity index (χ4v) is 0.957. The Labute approximate surface area is 91.8 Å². The Morgan fingerprint density at radius 1 is 1.36 bits per heavy atom. The van der Waals surface area contributed by atoms with Gasteiger partial charge in [0.2, 0.25) is 0 Å². The number of allylic oxidation sites excluding steroid dienone is 1. The van der Waals surface area contributed by atoms with Crippen molar-refractivity contribution in [3.8, 4) is 0 Å². The molecule has 0 radical (unpaired) electrons. The molecule has 1 N–H and O–H groups in total. The van der Waals surface area contributed by atoms with E-state index in [1.807, 2.05) is 6.92 Å². The topological polar surface area (TPSA) is 12.0 Å². The van der Waals surface area contributed by atoms with Gasteiger partial charge < -0.3 is 5.32 Å². The van der Waals surface area contributed by atoms with Gasteiger partial charge in [0.25, 0.3) is 0 Å². The Morgan fingerprint density at radius 2 is 1.86 bits per heavy atom. The number of halogens is 1. The number of anilines is 1. The molecule has 0 aromatic heterocycles. The van der Waals surface area contributed by atoms with Crippen LogP contribution in [0.1, 0.15) is 12.5 Å². The van der Waals surface area contributed by atoms with Crippen LogP contribution in [0.4, 0.5) is 5.69 Å². The van der Waals surface area contributed by atoms with Gasteiger partial charge in [-0.05, 0) is 26.0 Å². The van der Waals surface area contributed by atoms with Crippen LogP contribution < -0.4 is 5.32 Å². The van der Waals surface area contributed by atoms with Crippen LogP contribution in [0, 0.1) is 6.92 Å². The molecule has 0 aliphatic rings. The second-order valence-corrected chi connectivity index (χ2v) is 3.27. The maximum absolute atomic E-state index is 5.52. The molecule has 2 heteroatoms. The molecule has 1 nitrogen and oxygen atoms in total. The summed E-state index contributed by atoms with van der Waals surface area (Å²) in [6.07, 6.45) is 1.75. The standard InChI is InChI=1S/C9H12ClN.C3H6/c1-8-2-4-9(5-3-8)11-7-6-10;1-3-2/h2-5,11H,6-7H2,1H3;3H,1H2,2H3. The summed E-state index contributed by atoms with van der Waals surface area (Å²) in [5.74, 6) is 0.647. The number of nitrogens with one attached hydrogen (secondary N) is 1. The zero-order valence-corrected chi connectivity index (χ0v) is 9.64. The zero-order valence-electron chi connectivity index (χ0n) is 8.89. The van der Waals surface area contributed by atoms with Crippen LogP contribution in [0.5, 0.6) is 0 Å². The molecular formula is C12H18ClN. The molecular weight excluding hydrogens is 194 g/mol. The minimum absolute atomic E-state index is 0.647. The third-order valence-electron chi connectivity index (χ3n) is 1.48. The van der Waals surface area contributed by atoms with E-state index in [0.29, 0.717) is 5.88 Å². The summed E-state index contributed by atoms with van der Waals surface area (Å²) in [7, 11) is 0. The molecule has 78 valence electrons. The average molecular weight is 212 g/mol. The van der Waals surface area contributed by atoms with E-state index in [0.717, 1.165) is 12.2 Å². The molecule has 0 bridgehead atoms. The number of rotatable bonds is 3. The molecule has 14 heavy (non-hydrogen) atoms. The normalized spacial score (nSPS) is 8.50.